The van der Waals surface area contributed by atoms with E-state index in [1.165, 1.54) is 6.26 Å². The number of hydrogen-bond acceptors (Lipinski definition) is 5. The van der Waals surface area contributed by atoms with Crippen LogP contribution in [0.25, 0.3) is 22.1 Å². The summed E-state index contributed by atoms with van der Waals surface area (Å²) in [5.74, 6) is 0.689. The third-order valence-electron chi connectivity index (χ3n) is 5.07. The van der Waals surface area contributed by atoms with E-state index in [9.17, 15) is 4.79 Å². The van der Waals surface area contributed by atoms with Crippen molar-refractivity contribution in [2.45, 2.75) is 26.1 Å². The Morgan fingerprint density at radius 3 is 2.55 bits per heavy atom. The smallest absolute Gasteiger partial charge is 0.200 e. The number of halogens is 1. The van der Waals surface area contributed by atoms with Crippen molar-refractivity contribution in [1.82, 2.24) is 4.90 Å². The highest BCUT2D eigenvalue weighted by Gasteiger charge is 2.21. The topological polar surface area (TPSA) is 51.9 Å². The SMILES string of the molecule is C[C@@H]1CN(CCOc2ccc3c(=O)c(-c4ccc(Cl)cc4)coc3c2)C[C@@H](C)O1. The monoisotopic (exact) mass is 413 g/mol. The standard InChI is InChI=1S/C23H24ClNO4/c1-15-12-25(13-16(2)29-15)9-10-27-19-7-8-20-22(11-19)28-14-21(23(20)26)17-3-5-18(24)6-4-17/h3-8,11,14-16H,9-10,12-13H2,1-2H3/t15-,16-/m1/s1. The largest absolute Gasteiger partial charge is 0.492 e. The molecule has 3 aromatic rings. The van der Waals surface area contributed by atoms with Gasteiger partial charge in [-0.1, -0.05) is 23.7 Å². The van der Waals surface area contributed by atoms with Gasteiger partial charge in [-0.05, 0) is 43.7 Å². The first kappa shape index (κ1) is 20.0. The van der Waals surface area contributed by atoms with Gasteiger partial charge in [-0.3, -0.25) is 9.69 Å². The van der Waals surface area contributed by atoms with Crippen LogP contribution >= 0.6 is 11.6 Å². The van der Waals surface area contributed by atoms with Gasteiger partial charge in [0.2, 0.25) is 0 Å². The number of benzene rings is 2. The summed E-state index contributed by atoms with van der Waals surface area (Å²) in [4.78, 5) is 15.2. The maximum Gasteiger partial charge on any atom is 0.200 e. The van der Waals surface area contributed by atoms with E-state index in [0.717, 1.165) is 25.2 Å². The predicted molar refractivity (Wildman–Crippen MR) is 115 cm³/mol. The van der Waals surface area contributed by atoms with Crippen LogP contribution in [0, 0.1) is 0 Å². The van der Waals surface area contributed by atoms with Gasteiger partial charge in [-0.2, -0.15) is 0 Å². The molecule has 0 radical (unpaired) electrons. The number of rotatable bonds is 5. The Kier molecular flexibility index (Phi) is 5.90. The van der Waals surface area contributed by atoms with E-state index < -0.39 is 0 Å². The maximum absolute atomic E-state index is 12.9. The fraction of sp³-hybridized carbons (Fsp3) is 0.348. The lowest BCUT2D eigenvalue weighted by molar-refractivity contribution is -0.0699. The van der Waals surface area contributed by atoms with E-state index in [4.69, 9.17) is 25.5 Å². The number of ether oxygens (including phenoxy) is 2. The molecule has 0 unspecified atom stereocenters. The molecule has 0 spiro atoms. The first-order valence-electron chi connectivity index (χ1n) is 9.82. The van der Waals surface area contributed by atoms with Crippen molar-refractivity contribution in [2.75, 3.05) is 26.2 Å². The second-order valence-electron chi connectivity index (χ2n) is 7.51. The molecule has 1 aliphatic rings. The van der Waals surface area contributed by atoms with E-state index in [1.807, 2.05) is 18.2 Å². The van der Waals surface area contributed by atoms with Crippen LogP contribution in [0.4, 0.5) is 0 Å². The Balaban J connectivity index is 1.46. The number of nitrogens with zero attached hydrogens (tertiary/aromatic N) is 1. The summed E-state index contributed by atoms with van der Waals surface area (Å²) in [5.41, 5.74) is 1.73. The van der Waals surface area contributed by atoms with Crippen LogP contribution in [0.15, 0.2) is 57.9 Å². The summed E-state index contributed by atoms with van der Waals surface area (Å²) >= 11 is 5.93. The second kappa shape index (κ2) is 8.57. The first-order chi connectivity index (χ1) is 14.0. The molecule has 0 saturated carbocycles. The summed E-state index contributed by atoms with van der Waals surface area (Å²) in [7, 11) is 0. The summed E-state index contributed by atoms with van der Waals surface area (Å²) in [6, 6.07) is 12.5. The van der Waals surface area contributed by atoms with E-state index >= 15 is 0 Å². The highest BCUT2D eigenvalue weighted by atomic mass is 35.5. The average Bonchev–Trinajstić information content (AvgIpc) is 2.68. The minimum Gasteiger partial charge on any atom is -0.492 e. The third kappa shape index (κ3) is 4.64. The average molecular weight is 414 g/mol. The number of morpholine rings is 1. The van der Waals surface area contributed by atoms with Gasteiger partial charge in [0.05, 0.1) is 23.2 Å². The van der Waals surface area contributed by atoms with Crippen molar-refractivity contribution in [3.63, 3.8) is 0 Å². The summed E-state index contributed by atoms with van der Waals surface area (Å²) in [6.45, 7) is 7.40. The molecule has 0 N–H and O–H groups in total. The molecule has 0 aliphatic carbocycles. The lowest BCUT2D eigenvalue weighted by atomic mass is 10.1. The van der Waals surface area contributed by atoms with Crippen LogP contribution in [0.2, 0.25) is 5.02 Å². The fourth-order valence-electron chi connectivity index (χ4n) is 3.79. The van der Waals surface area contributed by atoms with E-state index in [-0.39, 0.29) is 17.6 Å². The lowest BCUT2D eigenvalue weighted by Gasteiger charge is -2.35. The normalized spacial score (nSPS) is 20.1. The van der Waals surface area contributed by atoms with Gasteiger partial charge in [-0.15, -0.1) is 0 Å². The molecule has 1 aliphatic heterocycles. The van der Waals surface area contributed by atoms with Gasteiger partial charge >= 0.3 is 0 Å². The van der Waals surface area contributed by atoms with Crippen molar-refractivity contribution in [1.29, 1.82) is 0 Å². The summed E-state index contributed by atoms with van der Waals surface area (Å²) in [5, 5.41) is 1.15. The Hall–Kier alpha value is -2.34. The summed E-state index contributed by atoms with van der Waals surface area (Å²) in [6.07, 6.45) is 1.97. The van der Waals surface area contributed by atoms with Gasteiger partial charge < -0.3 is 13.9 Å². The van der Waals surface area contributed by atoms with E-state index in [1.54, 1.807) is 24.3 Å². The van der Waals surface area contributed by atoms with Crippen LogP contribution in [0.5, 0.6) is 5.75 Å². The van der Waals surface area contributed by atoms with Gasteiger partial charge in [0.1, 0.15) is 24.2 Å². The van der Waals surface area contributed by atoms with Crippen LogP contribution in [0.1, 0.15) is 13.8 Å². The Morgan fingerprint density at radius 1 is 1.10 bits per heavy atom. The minimum absolute atomic E-state index is 0.0728. The molecule has 29 heavy (non-hydrogen) atoms. The lowest BCUT2D eigenvalue weighted by Crippen LogP contribution is -2.46. The molecule has 2 heterocycles. The molecule has 2 aromatic carbocycles. The molecule has 1 saturated heterocycles. The van der Waals surface area contributed by atoms with Crippen molar-refractivity contribution >= 4 is 22.6 Å². The highest BCUT2D eigenvalue weighted by molar-refractivity contribution is 6.30. The Bertz CT molecular complexity index is 1040. The third-order valence-corrected chi connectivity index (χ3v) is 5.32. The van der Waals surface area contributed by atoms with Crippen LogP contribution < -0.4 is 10.2 Å². The van der Waals surface area contributed by atoms with E-state index in [0.29, 0.717) is 33.9 Å². The molecule has 152 valence electrons. The molecular weight excluding hydrogens is 390 g/mol. The van der Waals surface area contributed by atoms with Crippen LogP contribution in [-0.2, 0) is 4.74 Å². The number of fused-ring (bicyclic) bond motifs is 1. The molecule has 0 bridgehead atoms. The molecule has 1 aromatic heterocycles. The zero-order valence-corrected chi connectivity index (χ0v) is 17.3. The first-order valence-corrected chi connectivity index (χ1v) is 10.2. The fourth-order valence-corrected chi connectivity index (χ4v) is 3.91. The van der Waals surface area contributed by atoms with E-state index in [2.05, 4.69) is 18.7 Å². The minimum atomic E-state index is -0.0728. The molecule has 4 rings (SSSR count). The predicted octanol–water partition coefficient (Wildman–Crippen LogP) is 4.60. The Morgan fingerprint density at radius 2 is 1.83 bits per heavy atom. The van der Waals surface area contributed by atoms with Crippen molar-refractivity contribution in [3.05, 3.63) is 64.0 Å². The number of hydrogen-bond donors (Lipinski definition) is 0. The van der Waals surface area contributed by atoms with Crippen molar-refractivity contribution in [2.24, 2.45) is 0 Å². The molecular formula is C23H24ClNO4. The van der Waals surface area contributed by atoms with Crippen molar-refractivity contribution in [3.8, 4) is 16.9 Å². The maximum atomic E-state index is 12.9. The van der Waals surface area contributed by atoms with Gasteiger partial charge in [-0.25, -0.2) is 0 Å². The van der Waals surface area contributed by atoms with Crippen LogP contribution in [0.3, 0.4) is 0 Å². The molecule has 5 nitrogen and oxygen atoms in total. The van der Waals surface area contributed by atoms with Gasteiger partial charge in [0, 0.05) is 30.7 Å². The van der Waals surface area contributed by atoms with Gasteiger partial charge in [0.25, 0.3) is 0 Å². The van der Waals surface area contributed by atoms with Gasteiger partial charge in [0.15, 0.2) is 5.43 Å². The molecule has 1 fully saturated rings. The second-order valence-corrected chi connectivity index (χ2v) is 7.95. The molecule has 0 amide bonds. The highest BCUT2D eigenvalue weighted by Crippen LogP contribution is 2.24. The summed E-state index contributed by atoms with van der Waals surface area (Å²) < 4.78 is 17.4. The Labute approximate surface area is 174 Å². The quantitative estimate of drug-likeness (QED) is 0.611. The van der Waals surface area contributed by atoms with Crippen molar-refractivity contribution < 1.29 is 13.9 Å². The zero-order valence-electron chi connectivity index (χ0n) is 16.6. The zero-order chi connectivity index (χ0) is 20.4. The molecule has 2 atom stereocenters. The van der Waals surface area contributed by atoms with Crippen LogP contribution in [-0.4, -0.2) is 43.3 Å². The molecule has 6 heteroatoms.